The van der Waals surface area contributed by atoms with E-state index in [1.54, 1.807) is 0 Å². The molecule has 0 aromatic heterocycles. The van der Waals surface area contributed by atoms with Crippen molar-refractivity contribution < 1.29 is 13.7 Å². The summed E-state index contributed by atoms with van der Waals surface area (Å²) >= 11 is 0. The highest BCUT2D eigenvalue weighted by Gasteiger charge is 2.01. The molecule has 0 bridgehead atoms. The molecule has 0 aromatic carbocycles. The number of methoxy groups -OCH3 is 1. The third-order valence-corrected chi connectivity index (χ3v) is 5.44. The number of carbonyl (C=O) groups excluding carboxylic acids is 1. The number of ether oxygens (including phenoxy) is 1. The van der Waals surface area contributed by atoms with Crippen LogP contribution in [0.5, 0.6) is 0 Å². The molecule has 1 unspecified atom stereocenters. The molecule has 0 saturated heterocycles. The zero-order chi connectivity index (χ0) is 16.5. The molecular weight excluding hydrogens is 296 g/mol. The lowest BCUT2D eigenvalue weighted by atomic mass is 10.1. The molecular formula is C18H36O3S. The third-order valence-electron chi connectivity index (χ3n) is 3.96. The molecule has 3 nitrogen and oxygen atoms in total. The van der Waals surface area contributed by atoms with Gasteiger partial charge in [0.1, 0.15) is 0 Å². The van der Waals surface area contributed by atoms with Gasteiger partial charge in [0.25, 0.3) is 0 Å². The summed E-state index contributed by atoms with van der Waals surface area (Å²) < 4.78 is 16.4. The molecule has 1 atom stereocenters. The zero-order valence-corrected chi connectivity index (χ0v) is 15.6. The summed E-state index contributed by atoms with van der Waals surface area (Å²) in [6.45, 7) is 2.24. The van der Waals surface area contributed by atoms with Gasteiger partial charge in [0, 0.05) is 28.7 Å². The Morgan fingerprint density at radius 3 is 1.73 bits per heavy atom. The molecule has 22 heavy (non-hydrogen) atoms. The predicted molar refractivity (Wildman–Crippen MR) is 95.6 cm³/mol. The predicted octanol–water partition coefficient (Wildman–Crippen LogP) is 5.00. The Morgan fingerprint density at radius 2 is 1.23 bits per heavy atom. The van der Waals surface area contributed by atoms with Crippen molar-refractivity contribution >= 4 is 16.8 Å². The van der Waals surface area contributed by atoms with Crippen molar-refractivity contribution in [1.82, 2.24) is 0 Å². The first kappa shape index (κ1) is 21.6. The van der Waals surface area contributed by atoms with E-state index in [1.807, 2.05) is 0 Å². The summed E-state index contributed by atoms with van der Waals surface area (Å²) in [5.41, 5.74) is 0. The van der Waals surface area contributed by atoms with Crippen LogP contribution in [0, 0.1) is 0 Å². The molecule has 0 aliphatic carbocycles. The Morgan fingerprint density at radius 1 is 0.773 bits per heavy atom. The van der Waals surface area contributed by atoms with Gasteiger partial charge in [-0.1, -0.05) is 64.7 Å². The van der Waals surface area contributed by atoms with Crippen molar-refractivity contribution in [2.75, 3.05) is 18.6 Å². The van der Waals surface area contributed by atoms with E-state index in [0.29, 0.717) is 6.42 Å². The maximum atomic E-state index is 11.8. The molecule has 0 heterocycles. The SMILES string of the molecule is CCCCCCCCCS(=O)CCCCCCCC(=O)OC. The van der Waals surface area contributed by atoms with E-state index in [0.717, 1.165) is 50.0 Å². The van der Waals surface area contributed by atoms with E-state index in [-0.39, 0.29) is 5.97 Å². The van der Waals surface area contributed by atoms with Gasteiger partial charge >= 0.3 is 5.97 Å². The molecule has 0 amide bonds. The van der Waals surface area contributed by atoms with Gasteiger partial charge in [0.05, 0.1) is 7.11 Å². The standard InChI is InChI=1S/C18H36O3S/c1-3-4-5-6-7-10-13-16-22(20)17-14-11-8-9-12-15-18(19)21-2/h3-17H2,1-2H3. The van der Waals surface area contributed by atoms with E-state index in [1.165, 1.54) is 45.6 Å². The first-order valence-corrected chi connectivity index (χ1v) is 10.6. The van der Waals surface area contributed by atoms with Crippen molar-refractivity contribution in [2.24, 2.45) is 0 Å². The molecule has 0 N–H and O–H groups in total. The van der Waals surface area contributed by atoms with Crippen molar-refractivity contribution in [3.63, 3.8) is 0 Å². The Balaban J connectivity index is 3.21. The van der Waals surface area contributed by atoms with Gasteiger partial charge in [-0.2, -0.15) is 0 Å². The minimum absolute atomic E-state index is 0.115. The van der Waals surface area contributed by atoms with E-state index < -0.39 is 10.8 Å². The second-order valence-corrected chi connectivity index (χ2v) is 7.76. The highest BCUT2D eigenvalue weighted by atomic mass is 32.2. The Hall–Kier alpha value is -0.380. The van der Waals surface area contributed by atoms with Gasteiger partial charge in [-0.05, 0) is 19.3 Å². The third kappa shape index (κ3) is 16.0. The molecule has 4 heteroatoms. The molecule has 0 rings (SSSR count). The zero-order valence-electron chi connectivity index (χ0n) is 14.7. The Bertz CT molecular complexity index is 280. The van der Waals surface area contributed by atoms with Crippen LogP contribution < -0.4 is 0 Å². The van der Waals surface area contributed by atoms with Crippen molar-refractivity contribution in [2.45, 2.75) is 90.4 Å². The Kier molecular flexibility index (Phi) is 16.7. The Labute approximate surface area is 140 Å². The quantitative estimate of drug-likeness (QED) is 0.295. The second kappa shape index (κ2) is 17.0. The molecule has 0 radical (unpaired) electrons. The largest absolute Gasteiger partial charge is 0.469 e. The van der Waals surface area contributed by atoms with E-state index in [9.17, 15) is 9.00 Å². The number of hydrogen-bond acceptors (Lipinski definition) is 3. The fraction of sp³-hybridized carbons (Fsp3) is 0.944. The summed E-state index contributed by atoms with van der Waals surface area (Å²) in [7, 11) is 0.814. The molecule has 0 aliphatic heterocycles. The van der Waals surface area contributed by atoms with Gasteiger partial charge in [-0.3, -0.25) is 9.00 Å². The summed E-state index contributed by atoms with van der Waals surface area (Å²) in [6.07, 6.45) is 14.8. The average molecular weight is 333 g/mol. The van der Waals surface area contributed by atoms with Gasteiger partial charge in [0.2, 0.25) is 0 Å². The number of esters is 1. The summed E-state index contributed by atoms with van der Waals surface area (Å²) in [4.78, 5) is 10.9. The van der Waals surface area contributed by atoms with Gasteiger partial charge < -0.3 is 4.74 Å². The van der Waals surface area contributed by atoms with Crippen LogP contribution >= 0.6 is 0 Å². The van der Waals surface area contributed by atoms with Crippen LogP contribution in [0.15, 0.2) is 0 Å². The molecule has 0 spiro atoms. The lowest BCUT2D eigenvalue weighted by molar-refractivity contribution is -0.140. The first-order chi connectivity index (χ1) is 10.7. The molecule has 132 valence electrons. The van der Waals surface area contributed by atoms with Crippen LogP contribution in [0.4, 0.5) is 0 Å². The lowest BCUT2D eigenvalue weighted by Gasteiger charge is -2.04. The van der Waals surface area contributed by atoms with Crippen molar-refractivity contribution in [3.05, 3.63) is 0 Å². The minimum atomic E-state index is -0.619. The van der Waals surface area contributed by atoms with Crippen molar-refractivity contribution in [1.29, 1.82) is 0 Å². The summed E-state index contributed by atoms with van der Waals surface area (Å²) in [6, 6.07) is 0. The van der Waals surface area contributed by atoms with E-state index in [4.69, 9.17) is 0 Å². The lowest BCUT2D eigenvalue weighted by Crippen LogP contribution is -2.03. The minimum Gasteiger partial charge on any atom is -0.469 e. The highest BCUT2D eigenvalue weighted by molar-refractivity contribution is 7.84. The second-order valence-electron chi connectivity index (χ2n) is 6.06. The maximum Gasteiger partial charge on any atom is 0.305 e. The highest BCUT2D eigenvalue weighted by Crippen LogP contribution is 2.09. The average Bonchev–Trinajstić information content (AvgIpc) is 2.52. The van der Waals surface area contributed by atoms with Gasteiger partial charge in [0.15, 0.2) is 0 Å². The van der Waals surface area contributed by atoms with Crippen LogP contribution in [0.3, 0.4) is 0 Å². The fourth-order valence-corrected chi connectivity index (χ4v) is 3.74. The number of hydrogen-bond donors (Lipinski definition) is 0. The van der Waals surface area contributed by atoms with Crippen LogP contribution in [0.1, 0.15) is 90.4 Å². The smallest absolute Gasteiger partial charge is 0.305 e. The van der Waals surface area contributed by atoms with E-state index >= 15 is 0 Å². The van der Waals surface area contributed by atoms with E-state index in [2.05, 4.69) is 11.7 Å². The summed E-state index contributed by atoms with van der Waals surface area (Å²) in [5.74, 6) is 1.62. The maximum absolute atomic E-state index is 11.8. The monoisotopic (exact) mass is 332 g/mol. The van der Waals surface area contributed by atoms with Gasteiger partial charge in [-0.15, -0.1) is 0 Å². The molecule has 0 aliphatic rings. The first-order valence-electron chi connectivity index (χ1n) is 9.12. The van der Waals surface area contributed by atoms with Crippen LogP contribution in [0.25, 0.3) is 0 Å². The number of unbranched alkanes of at least 4 members (excludes halogenated alkanes) is 10. The van der Waals surface area contributed by atoms with Gasteiger partial charge in [-0.25, -0.2) is 0 Å². The molecule has 0 fully saturated rings. The number of rotatable bonds is 16. The fourth-order valence-electron chi connectivity index (χ4n) is 2.49. The van der Waals surface area contributed by atoms with Crippen molar-refractivity contribution in [3.8, 4) is 0 Å². The molecule has 0 saturated carbocycles. The normalized spacial score (nSPS) is 12.3. The number of carbonyl (C=O) groups is 1. The topological polar surface area (TPSA) is 43.4 Å². The summed E-state index contributed by atoms with van der Waals surface area (Å²) in [5, 5.41) is 0. The molecule has 0 aromatic rings. The van der Waals surface area contributed by atoms with Crippen LogP contribution in [-0.2, 0) is 20.3 Å². The van der Waals surface area contributed by atoms with Crippen LogP contribution in [-0.4, -0.2) is 28.8 Å². The van der Waals surface area contributed by atoms with Crippen LogP contribution in [0.2, 0.25) is 0 Å².